The van der Waals surface area contributed by atoms with Gasteiger partial charge in [0.05, 0.1) is 0 Å². The van der Waals surface area contributed by atoms with Gasteiger partial charge < -0.3 is 0 Å². The second kappa shape index (κ2) is 3.23. The first kappa shape index (κ1) is 7.73. The highest BCUT2D eigenvalue weighted by Crippen LogP contribution is 2.52. The Morgan fingerprint density at radius 1 is 1.27 bits per heavy atom. The zero-order valence-corrected chi connectivity index (χ0v) is 7.78. The van der Waals surface area contributed by atoms with Gasteiger partial charge in [-0.2, -0.15) is 0 Å². The molecule has 62 valence electrons. The second-order valence-electron chi connectivity index (χ2n) is 3.68. The van der Waals surface area contributed by atoms with E-state index >= 15 is 0 Å². The standard InChI is InChI=1S/C9H15OP/c10-8-3-4-9(7-8)11-5-1-2-6-11/h9H,1-7H2. The van der Waals surface area contributed by atoms with Crippen molar-refractivity contribution in [1.82, 2.24) is 0 Å². The molecule has 0 bridgehead atoms. The minimum absolute atomic E-state index is 0.306. The fraction of sp³-hybridized carbons (Fsp3) is 0.889. The summed E-state index contributed by atoms with van der Waals surface area (Å²) in [5.41, 5.74) is 0.847. The molecule has 0 amide bonds. The maximum Gasteiger partial charge on any atom is 0.133 e. The van der Waals surface area contributed by atoms with E-state index in [-0.39, 0.29) is 0 Å². The van der Waals surface area contributed by atoms with Crippen LogP contribution in [0.3, 0.4) is 0 Å². The summed E-state index contributed by atoms with van der Waals surface area (Å²) in [6.45, 7) is 0. The Hall–Kier alpha value is 0.100. The van der Waals surface area contributed by atoms with Crippen molar-refractivity contribution in [2.45, 2.75) is 37.8 Å². The predicted octanol–water partition coefficient (Wildman–Crippen LogP) is 2.38. The molecule has 2 aliphatic rings. The zero-order valence-electron chi connectivity index (χ0n) is 6.88. The maximum atomic E-state index is 11.0. The lowest BCUT2D eigenvalue weighted by molar-refractivity contribution is -0.117. The van der Waals surface area contributed by atoms with Crippen LogP contribution >= 0.6 is 7.92 Å². The third-order valence-corrected chi connectivity index (χ3v) is 6.13. The molecular weight excluding hydrogens is 155 g/mol. The van der Waals surface area contributed by atoms with E-state index in [0.717, 1.165) is 18.5 Å². The monoisotopic (exact) mass is 170 g/mol. The second-order valence-corrected chi connectivity index (χ2v) is 6.48. The van der Waals surface area contributed by atoms with E-state index in [1.165, 1.54) is 31.6 Å². The van der Waals surface area contributed by atoms with E-state index in [9.17, 15) is 4.79 Å². The van der Waals surface area contributed by atoms with Crippen molar-refractivity contribution in [2.75, 3.05) is 12.3 Å². The summed E-state index contributed by atoms with van der Waals surface area (Å²) in [6, 6.07) is 0. The van der Waals surface area contributed by atoms with Crippen LogP contribution in [0.1, 0.15) is 32.1 Å². The van der Waals surface area contributed by atoms with Crippen molar-refractivity contribution in [2.24, 2.45) is 0 Å². The Morgan fingerprint density at radius 3 is 2.55 bits per heavy atom. The van der Waals surface area contributed by atoms with Crippen LogP contribution in [0.2, 0.25) is 0 Å². The number of hydrogen-bond acceptors (Lipinski definition) is 1. The number of carbonyl (C=O) groups excluding carboxylic acids is 1. The molecule has 0 aromatic carbocycles. The van der Waals surface area contributed by atoms with Crippen LogP contribution in [0, 0.1) is 0 Å². The molecule has 1 saturated carbocycles. The third-order valence-electron chi connectivity index (χ3n) is 2.88. The summed E-state index contributed by atoms with van der Waals surface area (Å²) in [6.07, 6.45) is 8.87. The highest BCUT2D eigenvalue weighted by atomic mass is 31.1. The topological polar surface area (TPSA) is 17.1 Å². The van der Waals surface area contributed by atoms with Crippen LogP contribution in [0.4, 0.5) is 0 Å². The van der Waals surface area contributed by atoms with Crippen molar-refractivity contribution in [3.8, 4) is 0 Å². The normalized spacial score (nSPS) is 33.5. The first-order chi connectivity index (χ1) is 5.36. The van der Waals surface area contributed by atoms with Gasteiger partial charge in [-0.25, -0.2) is 0 Å². The molecule has 1 atom stereocenters. The molecule has 1 heterocycles. The van der Waals surface area contributed by atoms with Gasteiger partial charge in [-0.05, 0) is 37.2 Å². The summed E-state index contributed by atoms with van der Waals surface area (Å²) in [4.78, 5) is 11.0. The Labute approximate surface area is 69.3 Å². The van der Waals surface area contributed by atoms with Gasteiger partial charge in [-0.15, -0.1) is 7.92 Å². The summed E-state index contributed by atoms with van der Waals surface area (Å²) in [5.74, 6) is 0.532. The van der Waals surface area contributed by atoms with Crippen LogP contribution in [0.25, 0.3) is 0 Å². The van der Waals surface area contributed by atoms with E-state index in [1.54, 1.807) is 0 Å². The van der Waals surface area contributed by atoms with E-state index < -0.39 is 0 Å². The summed E-state index contributed by atoms with van der Waals surface area (Å²) < 4.78 is 0. The van der Waals surface area contributed by atoms with Gasteiger partial charge in [-0.3, -0.25) is 4.79 Å². The van der Waals surface area contributed by atoms with Gasteiger partial charge >= 0.3 is 0 Å². The Morgan fingerprint density at radius 2 is 2.00 bits per heavy atom. The molecule has 1 aliphatic heterocycles. The third kappa shape index (κ3) is 1.64. The van der Waals surface area contributed by atoms with Gasteiger partial charge in [0.2, 0.25) is 0 Å². The zero-order chi connectivity index (χ0) is 7.68. The molecule has 0 N–H and O–H groups in total. The average Bonchev–Trinajstić information content (AvgIpc) is 2.55. The van der Waals surface area contributed by atoms with Crippen LogP contribution in [-0.2, 0) is 4.79 Å². The molecule has 11 heavy (non-hydrogen) atoms. The minimum atomic E-state index is 0.306. The lowest BCUT2D eigenvalue weighted by Crippen LogP contribution is -2.01. The van der Waals surface area contributed by atoms with Crippen molar-refractivity contribution in [3.05, 3.63) is 0 Å². The van der Waals surface area contributed by atoms with Gasteiger partial charge in [0, 0.05) is 12.8 Å². The fourth-order valence-corrected chi connectivity index (χ4v) is 5.38. The van der Waals surface area contributed by atoms with E-state index in [2.05, 4.69) is 0 Å². The van der Waals surface area contributed by atoms with E-state index in [4.69, 9.17) is 0 Å². The first-order valence-electron chi connectivity index (χ1n) is 4.62. The SMILES string of the molecule is O=C1CCC(P2CCCC2)C1. The molecule has 1 saturated heterocycles. The van der Waals surface area contributed by atoms with Gasteiger partial charge in [0.1, 0.15) is 5.78 Å². The summed E-state index contributed by atoms with van der Waals surface area (Å²) in [7, 11) is 0.306. The lowest BCUT2D eigenvalue weighted by Gasteiger charge is -2.16. The highest BCUT2D eigenvalue weighted by molar-refractivity contribution is 7.58. The number of ketones is 1. The van der Waals surface area contributed by atoms with Crippen molar-refractivity contribution in [1.29, 1.82) is 0 Å². The summed E-state index contributed by atoms with van der Waals surface area (Å²) in [5, 5.41) is 0. The minimum Gasteiger partial charge on any atom is -0.300 e. The Balaban J connectivity index is 1.90. The smallest absolute Gasteiger partial charge is 0.133 e. The molecule has 1 unspecified atom stereocenters. The van der Waals surface area contributed by atoms with Gasteiger partial charge in [0.25, 0.3) is 0 Å². The molecule has 0 spiro atoms. The largest absolute Gasteiger partial charge is 0.300 e. The molecule has 0 radical (unpaired) electrons. The predicted molar refractivity (Wildman–Crippen MR) is 48.5 cm³/mol. The quantitative estimate of drug-likeness (QED) is 0.552. The lowest BCUT2D eigenvalue weighted by atomic mass is 10.4. The van der Waals surface area contributed by atoms with E-state index in [1.807, 2.05) is 0 Å². The van der Waals surface area contributed by atoms with Gasteiger partial charge in [-0.1, -0.05) is 0 Å². The molecule has 2 fully saturated rings. The Bertz CT molecular complexity index is 161. The van der Waals surface area contributed by atoms with E-state index in [0.29, 0.717) is 13.7 Å². The fourth-order valence-electron chi connectivity index (χ4n) is 2.21. The van der Waals surface area contributed by atoms with Crippen LogP contribution in [0.15, 0.2) is 0 Å². The molecule has 0 aromatic rings. The first-order valence-corrected chi connectivity index (χ1v) is 6.40. The molecule has 1 nitrogen and oxygen atoms in total. The number of carbonyl (C=O) groups is 1. The number of rotatable bonds is 1. The molecule has 0 aromatic heterocycles. The molecule has 2 heteroatoms. The van der Waals surface area contributed by atoms with Crippen molar-refractivity contribution in [3.63, 3.8) is 0 Å². The number of hydrogen-bond donors (Lipinski definition) is 0. The van der Waals surface area contributed by atoms with Gasteiger partial charge in [0.15, 0.2) is 0 Å². The van der Waals surface area contributed by atoms with Crippen molar-refractivity contribution < 1.29 is 4.79 Å². The van der Waals surface area contributed by atoms with Crippen LogP contribution < -0.4 is 0 Å². The van der Waals surface area contributed by atoms with Crippen LogP contribution in [0.5, 0.6) is 0 Å². The average molecular weight is 170 g/mol. The molecule has 1 aliphatic carbocycles. The summed E-state index contributed by atoms with van der Waals surface area (Å²) >= 11 is 0. The van der Waals surface area contributed by atoms with Crippen molar-refractivity contribution >= 4 is 13.7 Å². The molecule has 2 rings (SSSR count). The maximum absolute atomic E-state index is 11.0. The number of Topliss-reactive ketones (excluding diaryl/α,β-unsaturated/α-hetero) is 1. The Kier molecular flexibility index (Phi) is 2.27. The highest BCUT2D eigenvalue weighted by Gasteiger charge is 2.30. The molecular formula is C9H15OP. The van der Waals surface area contributed by atoms with Crippen LogP contribution in [-0.4, -0.2) is 23.8 Å².